The Bertz CT molecular complexity index is 743. The molecule has 0 unspecified atom stereocenters. The molecule has 2 rings (SSSR count). The van der Waals surface area contributed by atoms with E-state index in [0.717, 1.165) is 41.5 Å². The van der Waals surface area contributed by atoms with Crippen molar-refractivity contribution in [2.75, 3.05) is 13.7 Å². The van der Waals surface area contributed by atoms with E-state index in [1.807, 2.05) is 38.1 Å². The van der Waals surface area contributed by atoms with E-state index in [0.29, 0.717) is 11.4 Å². The van der Waals surface area contributed by atoms with E-state index in [-0.39, 0.29) is 12.1 Å². The number of thiocarbonyl (C=S) groups is 1. The number of fused-ring (bicyclic) bond motifs is 1. The second-order valence-corrected chi connectivity index (χ2v) is 6.52. The van der Waals surface area contributed by atoms with Crippen LogP contribution in [-0.4, -0.2) is 30.7 Å². The zero-order chi connectivity index (χ0) is 18.2. The summed E-state index contributed by atoms with van der Waals surface area (Å²) in [5.74, 6) is 0.699. The second kappa shape index (κ2) is 9.37. The van der Waals surface area contributed by atoms with E-state index >= 15 is 0 Å². The van der Waals surface area contributed by atoms with Crippen molar-refractivity contribution in [1.82, 2.24) is 5.32 Å². The van der Waals surface area contributed by atoms with Gasteiger partial charge in [0.15, 0.2) is 0 Å². The summed E-state index contributed by atoms with van der Waals surface area (Å²) >= 11 is 5.56. The number of methoxy groups -OCH3 is 1. The van der Waals surface area contributed by atoms with Crippen LogP contribution >= 0.6 is 12.2 Å². The molecule has 4 nitrogen and oxygen atoms in total. The lowest BCUT2D eigenvalue weighted by Gasteiger charge is -2.16. The van der Waals surface area contributed by atoms with Crippen molar-refractivity contribution >= 4 is 33.9 Å². The van der Waals surface area contributed by atoms with E-state index in [4.69, 9.17) is 17.0 Å². The van der Waals surface area contributed by atoms with Crippen LogP contribution in [0.4, 0.5) is 0 Å². The monoisotopic (exact) mass is 359 g/mol. The van der Waals surface area contributed by atoms with Crippen LogP contribution in [0.3, 0.4) is 0 Å². The molecule has 0 spiro atoms. The molecule has 0 bridgehead atoms. The Morgan fingerprint density at radius 2 is 1.84 bits per heavy atom. The maximum Gasteiger partial charge on any atom is 0.305 e. The molecule has 0 amide bonds. The molecular formula is C20H25NO3S. The van der Waals surface area contributed by atoms with Crippen LogP contribution < -0.4 is 10.1 Å². The predicted molar refractivity (Wildman–Crippen MR) is 105 cm³/mol. The number of esters is 1. The lowest BCUT2D eigenvalue weighted by molar-refractivity contribution is -0.140. The number of rotatable bonds is 8. The van der Waals surface area contributed by atoms with E-state index in [1.54, 1.807) is 0 Å². The molecule has 5 heteroatoms. The van der Waals surface area contributed by atoms with Gasteiger partial charge in [-0.05, 0) is 44.2 Å². The van der Waals surface area contributed by atoms with Gasteiger partial charge in [-0.3, -0.25) is 4.79 Å². The molecule has 25 heavy (non-hydrogen) atoms. The van der Waals surface area contributed by atoms with Gasteiger partial charge in [0.25, 0.3) is 0 Å². The van der Waals surface area contributed by atoms with Crippen molar-refractivity contribution in [2.24, 2.45) is 0 Å². The molecule has 0 saturated heterocycles. The summed E-state index contributed by atoms with van der Waals surface area (Å²) in [6.45, 7) is 4.76. The smallest absolute Gasteiger partial charge is 0.305 e. The van der Waals surface area contributed by atoms with Gasteiger partial charge < -0.3 is 14.8 Å². The fraction of sp³-hybridized carbons (Fsp3) is 0.400. The summed E-state index contributed by atoms with van der Waals surface area (Å²) in [4.78, 5) is 11.8. The lowest BCUT2D eigenvalue weighted by Crippen LogP contribution is -2.23. The van der Waals surface area contributed by atoms with Gasteiger partial charge in [-0.1, -0.05) is 36.5 Å². The van der Waals surface area contributed by atoms with Gasteiger partial charge in [-0.2, -0.15) is 0 Å². The summed E-state index contributed by atoms with van der Waals surface area (Å²) in [7, 11) is 1.41. The highest BCUT2D eigenvalue weighted by Crippen LogP contribution is 2.29. The Hall–Kier alpha value is -2.14. The first-order valence-electron chi connectivity index (χ1n) is 8.56. The molecule has 2 aromatic rings. The molecule has 2 aromatic carbocycles. The first-order chi connectivity index (χ1) is 12.0. The Labute approximate surface area is 154 Å². The Morgan fingerprint density at radius 3 is 2.52 bits per heavy atom. The van der Waals surface area contributed by atoms with Crippen molar-refractivity contribution in [1.29, 1.82) is 0 Å². The van der Waals surface area contributed by atoms with Gasteiger partial charge in [0, 0.05) is 23.9 Å². The maximum absolute atomic E-state index is 11.1. The fourth-order valence-electron chi connectivity index (χ4n) is 2.62. The summed E-state index contributed by atoms with van der Waals surface area (Å²) in [5.41, 5.74) is 0.995. The van der Waals surface area contributed by atoms with E-state index < -0.39 is 0 Å². The van der Waals surface area contributed by atoms with Crippen LogP contribution in [0.2, 0.25) is 0 Å². The number of benzene rings is 2. The van der Waals surface area contributed by atoms with E-state index in [9.17, 15) is 4.79 Å². The number of carbonyl (C=O) groups excluding carboxylic acids is 1. The highest BCUT2D eigenvalue weighted by Gasteiger charge is 2.11. The molecule has 0 aromatic heterocycles. The van der Waals surface area contributed by atoms with Gasteiger partial charge in [-0.15, -0.1) is 0 Å². The van der Waals surface area contributed by atoms with Crippen molar-refractivity contribution in [2.45, 2.75) is 39.2 Å². The topological polar surface area (TPSA) is 47.6 Å². The molecule has 0 saturated carbocycles. The van der Waals surface area contributed by atoms with Gasteiger partial charge in [0.2, 0.25) is 0 Å². The van der Waals surface area contributed by atoms with Gasteiger partial charge in [0.05, 0.1) is 13.2 Å². The fourth-order valence-corrected chi connectivity index (χ4v) is 2.90. The van der Waals surface area contributed by atoms with Crippen molar-refractivity contribution < 1.29 is 14.3 Å². The first-order valence-corrected chi connectivity index (χ1v) is 8.97. The molecule has 134 valence electrons. The molecule has 1 N–H and O–H groups in total. The van der Waals surface area contributed by atoms with Gasteiger partial charge in [-0.25, -0.2) is 0 Å². The number of carbonyl (C=O) groups is 1. The highest BCUT2D eigenvalue weighted by atomic mass is 32.1. The van der Waals surface area contributed by atoms with Crippen LogP contribution in [0.5, 0.6) is 5.75 Å². The van der Waals surface area contributed by atoms with Gasteiger partial charge >= 0.3 is 5.97 Å². The molecular weight excluding hydrogens is 334 g/mol. The minimum atomic E-state index is -0.172. The molecule has 0 radical (unpaired) electrons. The first kappa shape index (κ1) is 19.2. The van der Waals surface area contributed by atoms with Crippen molar-refractivity contribution in [3.05, 3.63) is 42.0 Å². The van der Waals surface area contributed by atoms with Crippen LogP contribution in [0.1, 0.15) is 38.7 Å². The molecule has 0 atom stereocenters. The number of unbranched alkanes of at least 4 members (excludes halogenated alkanes) is 1. The van der Waals surface area contributed by atoms with Crippen LogP contribution in [0, 0.1) is 0 Å². The van der Waals surface area contributed by atoms with Gasteiger partial charge in [0.1, 0.15) is 10.7 Å². The van der Waals surface area contributed by atoms with Crippen LogP contribution in [0.25, 0.3) is 10.8 Å². The third-order valence-corrected chi connectivity index (χ3v) is 4.18. The molecule has 0 fully saturated rings. The SMILES string of the molecule is COC(=O)CCCCNC(=S)c1ccc(OC(C)C)c2ccccc12. The maximum atomic E-state index is 11.1. The van der Waals surface area contributed by atoms with E-state index in [2.05, 4.69) is 22.2 Å². The third-order valence-electron chi connectivity index (χ3n) is 3.81. The third kappa shape index (κ3) is 5.43. The summed E-state index contributed by atoms with van der Waals surface area (Å²) in [5, 5.41) is 5.42. The standard InChI is InChI=1S/C20H25NO3S/c1-14(2)24-18-12-11-17(15-8-4-5-9-16(15)18)20(25)21-13-7-6-10-19(22)23-3/h4-5,8-9,11-12,14H,6-7,10,13H2,1-3H3,(H,21,25). The second-order valence-electron chi connectivity index (χ2n) is 6.11. The summed E-state index contributed by atoms with van der Waals surface area (Å²) in [6, 6.07) is 12.1. The summed E-state index contributed by atoms with van der Waals surface area (Å²) in [6.07, 6.45) is 2.20. The number of nitrogens with one attached hydrogen (secondary N) is 1. The minimum Gasteiger partial charge on any atom is -0.490 e. The zero-order valence-corrected chi connectivity index (χ0v) is 15.8. The summed E-state index contributed by atoms with van der Waals surface area (Å²) < 4.78 is 10.5. The van der Waals surface area contributed by atoms with E-state index in [1.165, 1.54) is 7.11 Å². The number of hydrogen-bond acceptors (Lipinski definition) is 4. The molecule has 0 aliphatic carbocycles. The molecule has 0 aliphatic heterocycles. The Balaban J connectivity index is 2.05. The van der Waals surface area contributed by atoms with Crippen molar-refractivity contribution in [3.8, 4) is 5.75 Å². The molecule has 0 heterocycles. The quantitative estimate of drug-likeness (QED) is 0.434. The predicted octanol–water partition coefficient (Wildman–Crippen LogP) is 4.24. The minimum absolute atomic E-state index is 0.120. The number of hydrogen-bond donors (Lipinski definition) is 1. The average Bonchev–Trinajstić information content (AvgIpc) is 2.60. The lowest BCUT2D eigenvalue weighted by atomic mass is 10.0. The Kier molecular flexibility index (Phi) is 7.19. The molecule has 0 aliphatic rings. The van der Waals surface area contributed by atoms with Crippen molar-refractivity contribution in [3.63, 3.8) is 0 Å². The van der Waals surface area contributed by atoms with Crippen LogP contribution in [0.15, 0.2) is 36.4 Å². The Morgan fingerprint density at radius 1 is 1.12 bits per heavy atom. The number of ether oxygens (including phenoxy) is 2. The van der Waals surface area contributed by atoms with Crippen LogP contribution in [-0.2, 0) is 9.53 Å². The average molecular weight is 359 g/mol. The normalized spacial score (nSPS) is 10.7. The largest absolute Gasteiger partial charge is 0.490 e. The highest BCUT2D eigenvalue weighted by molar-refractivity contribution is 7.80. The zero-order valence-electron chi connectivity index (χ0n) is 15.0.